The fourth-order valence-electron chi connectivity index (χ4n) is 2.07. The van der Waals surface area contributed by atoms with Crippen molar-refractivity contribution in [1.29, 1.82) is 0 Å². The van der Waals surface area contributed by atoms with E-state index in [1.54, 1.807) is 12.1 Å². The number of rotatable bonds is 2. The van der Waals surface area contributed by atoms with Gasteiger partial charge in [-0.2, -0.15) is 0 Å². The largest absolute Gasteiger partial charge is 0.375 e. The van der Waals surface area contributed by atoms with Crippen LogP contribution in [0.3, 0.4) is 0 Å². The number of morpholine rings is 1. The lowest BCUT2D eigenvalue weighted by molar-refractivity contribution is 0.0344. The molecule has 0 amide bonds. The average Bonchev–Trinajstić information content (AvgIpc) is 2.32. The molecule has 1 aromatic carbocycles. The van der Waals surface area contributed by atoms with E-state index >= 15 is 0 Å². The smallest absolute Gasteiger partial charge is 0.150 e. The highest BCUT2D eigenvalue weighted by Gasteiger charge is 2.25. The molecule has 17 heavy (non-hydrogen) atoms. The van der Waals surface area contributed by atoms with Gasteiger partial charge in [-0.25, -0.2) is 0 Å². The van der Waals surface area contributed by atoms with Crippen LogP contribution in [-0.4, -0.2) is 31.6 Å². The summed E-state index contributed by atoms with van der Waals surface area (Å²) in [6.07, 6.45) is 1.01. The van der Waals surface area contributed by atoms with Gasteiger partial charge in [0.2, 0.25) is 0 Å². The second-order valence-corrected chi connectivity index (χ2v) is 4.88. The number of carbonyl (C=O) groups is 1. The third-order valence-corrected chi connectivity index (χ3v) is 3.33. The van der Waals surface area contributed by atoms with Crippen LogP contribution >= 0.6 is 11.6 Å². The Morgan fingerprint density at radius 2 is 2.24 bits per heavy atom. The Bertz CT molecular complexity index is 422. The van der Waals surface area contributed by atoms with E-state index in [4.69, 9.17) is 16.3 Å². The monoisotopic (exact) mass is 253 g/mol. The minimum absolute atomic E-state index is 0.202. The van der Waals surface area contributed by atoms with Crippen molar-refractivity contribution in [3.05, 3.63) is 28.8 Å². The molecule has 1 saturated heterocycles. The maximum absolute atomic E-state index is 10.7. The Hall–Kier alpha value is -1.06. The zero-order valence-corrected chi connectivity index (χ0v) is 10.8. The first-order valence-corrected chi connectivity index (χ1v) is 6.12. The lowest BCUT2D eigenvalue weighted by Gasteiger charge is -2.39. The van der Waals surface area contributed by atoms with Gasteiger partial charge in [0.1, 0.15) is 6.29 Å². The van der Waals surface area contributed by atoms with Gasteiger partial charge in [0.15, 0.2) is 0 Å². The molecular weight excluding hydrogens is 238 g/mol. The second kappa shape index (κ2) is 5.07. The van der Waals surface area contributed by atoms with E-state index in [-0.39, 0.29) is 6.10 Å². The quantitative estimate of drug-likeness (QED) is 0.759. The summed E-state index contributed by atoms with van der Waals surface area (Å²) in [6.45, 7) is 5.68. The van der Waals surface area contributed by atoms with Crippen molar-refractivity contribution in [1.82, 2.24) is 0 Å². The zero-order chi connectivity index (χ0) is 12.4. The first-order chi connectivity index (χ1) is 8.11. The summed E-state index contributed by atoms with van der Waals surface area (Å²) in [4.78, 5) is 12.9. The summed E-state index contributed by atoms with van der Waals surface area (Å²) in [7, 11) is 0. The van der Waals surface area contributed by atoms with E-state index in [9.17, 15) is 4.79 Å². The highest BCUT2D eigenvalue weighted by Crippen LogP contribution is 2.30. The first-order valence-electron chi connectivity index (χ1n) is 5.75. The van der Waals surface area contributed by atoms with E-state index in [1.165, 1.54) is 0 Å². The number of anilines is 1. The molecule has 0 radical (unpaired) electrons. The molecule has 1 aromatic rings. The zero-order valence-electron chi connectivity index (χ0n) is 10.0. The summed E-state index contributed by atoms with van der Waals surface area (Å²) in [5, 5.41) is 0.621. The van der Waals surface area contributed by atoms with Crippen molar-refractivity contribution in [2.75, 3.05) is 18.1 Å². The average molecular weight is 254 g/mol. The molecule has 1 aliphatic heterocycles. The molecule has 1 aliphatic rings. The van der Waals surface area contributed by atoms with E-state index in [2.05, 4.69) is 11.8 Å². The van der Waals surface area contributed by atoms with Gasteiger partial charge in [0, 0.05) is 18.2 Å². The minimum Gasteiger partial charge on any atom is -0.375 e. The Kier molecular flexibility index (Phi) is 3.69. The van der Waals surface area contributed by atoms with Crippen molar-refractivity contribution >= 4 is 23.6 Å². The number of aldehydes is 1. The molecule has 92 valence electrons. The molecule has 0 N–H and O–H groups in total. The highest BCUT2D eigenvalue weighted by molar-refractivity contribution is 6.33. The van der Waals surface area contributed by atoms with Gasteiger partial charge in [-0.3, -0.25) is 4.79 Å². The van der Waals surface area contributed by atoms with Crippen molar-refractivity contribution in [2.24, 2.45) is 0 Å². The summed E-state index contributed by atoms with van der Waals surface area (Å²) in [6, 6.07) is 5.70. The van der Waals surface area contributed by atoms with Crippen LogP contribution in [0.25, 0.3) is 0 Å². The standard InChI is InChI=1S/C13H16ClNO2/c1-9-8-17-10(2)6-15(9)13-4-3-11(7-16)5-12(13)14/h3-5,7,9-10H,6,8H2,1-2H3. The van der Waals surface area contributed by atoms with Gasteiger partial charge in [-0.1, -0.05) is 11.6 Å². The van der Waals surface area contributed by atoms with Crippen LogP contribution in [-0.2, 0) is 4.74 Å². The maximum atomic E-state index is 10.7. The first kappa shape index (κ1) is 12.4. The SMILES string of the molecule is CC1CN(c2ccc(C=O)cc2Cl)C(C)CO1. The molecule has 2 atom stereocenters. The number of hydrogen-bond donors (Lipinski definition) is 0. The van der Waals surface area contributed by atoms with Gasteiger partial charge in [-0.15, -0.1) is 0 Å². The van der Waals surface area contributed by atoms with Gasteiger partial charge in [0.25, 0.3) is 0 Å². The number of nitrogens with zero attached hydrogens (tertiary/aromatic N) is 1. The van der Waals surface area contributed by atoms with E-state index < -0.39 is 0 Å². The molecule has 1 fully saturated rings. The molecule has 0 spiro atoms. The fourth-order valence-corrected chi connectivity index (χ4v) is 2.37. The van der Waals surface area contributed by atoms with Crippen LogP contribution in [0.2, 0.25) is 5.02 Å². The lowest BCUT2D eigenvalue weighted by atomic mass is 10.1. The van der Waals surface area contributed by atoms with E-state index in [0.717, 1.165) is 18.5 Å². The summed E-state index contributed by atoms with van der Waals surface area (Å²) in [5.74, 6) is 0. The van der Waals surface area contributed by atoms with Gasteiger partial charge >= 0.3 is 0 Å². The highest BCUT2D eigenvalue weighted by atomic mass is 35.5. The molecule has 2 unspecified atom stereocenters. The van der Waals surface area contributed by atoms with Crippen LogP contribution in [0.5, 0.6) is 0 Å². The lowest BCUT2D eigenvalue weighted by Crippen LogP contribution is -2.47. The van der Waals surface area contributed by atoms with Crippen molar-refractivity contribution in [2.45, 2.75) is 26.0 Å². The van der Waals surface area contributed by atoms with Crippen LogP contribution in [0.15, 0.2) is 18.2 Å². The summed E-state index contributed by atoms with van der Waals surface area (Å²) < 4.78 is 5.59. The molecule has 1 heterocycles. The van der Waals surface area contributed by atoms with Gasteiger partial charge in [0.05, 0.1) is 23.4 Å². The van der Waals surface area contributed by atoms with Crippen LogP contribution in [0, 0.1) is 0 Å². The molecular formula is C13H16ClNO2. The Morgan fingerprint density at radius 3 is 2.88 bits per heavy atom. The van der Waals surface area contributed by atoms with Crippen molar-refractivity contribution in [3.8, 4) is 0 Å². The molecule has 0 aliphatic carbocycles. The van der Waals surface area contributed by atoms with Crippen LogP contribution in [0.1, 0.15) is 24.2 Å². The third kappa shape index (κ3) is 2.61. The van der Waals surface area contributed by atoms with E-state index in [1.807, 2.05) is 13.0 Å². The normalized spacial score (nSPS) is 24.8. The minimum atomic E-state index is 0.202. The van der Waals surface area contributed by atoms with Crippen molar-refractivity contribution < 1.29 is 9.53 Å². The molecule has 0 aromatic heterocycles. The van der Waals surface area contributed by atoms with E-state index in [0.29, 0.717) is 23.2 Å². The second-order valence-electron chi connectivity index (χ2n) is 4.47. The molecule has 4 heteroatoms. The van der Waals surface area contributed by atoms with Crippen LogP contribution < -0.4 is 4.90 Å². The predicted octanol–water partition coefficient (Wildman–Crippen LogP) is 2.77. The number of hydrogen-bond acceptors (Lipinski definition) is 3. The molecule has 3 nitrogen and oxygen atoms in total. The Labute approximate surface area is 106 Å². The molecule has 0 bridgehead atoms. The maximum Gasteiger partial charge on any atom is 0.150 e. The number of ether oxygens (including phenoxy) is 1. The van der Waals surface area contributed by atoms with Gasteiger partial charge in [-0.05, 0) is 32.0 Å². The molecule has 0 saturated carbocycles. The summed E-state index contributed by atoms with van der Waals surface area (Å²) in [5.41, 5.74) is 1.58. The number of carbonyl (C=O) groups excluding carboxylic acids is 1. The number of halogens is 1. The Morgan fingerprint density at radius 1 is 1.47 bits per heavy atom. The molecule has 2 rings (SSSR count). The van der Waals surface area contributed by atoms with Gasteiger partial charge < -0.3 is 9.64 Å². The van der Waals surface area contributed by atoms with Crippen molar-refractivity contribution in [3.63, 3.8) is 0 Å². The Balaban J connectivity index is 2.29. The predicted molar refractivity (Wildman–Crippen MR) is 69.1 cm³/mol. The fraction of sp³-hybridized carbons (Fsp3) is 0.462. The topological polar surface area (TPSA) is 29.5 Å². The van der Waals surface area contributed by atoms with Crippen LogP contribution in [0.4, 0.5) is 5.69 Å². The number of benzene rings is 1. The summed E-state index contributed by atoms with van der Waals surface area (Å²) >= 11 is 6.21. The third-order valence-electron chi connectivity index (χ3n) is 3.03.